The third kappa shape index (κ3) is 1.98. The van der Waals surface area contributed by atoms with E-state index in [2.05, 4.69) is 30.3 Å². The molecule has 0 bridgehead atoms. The summed E-state index contributed by atoms with van der Waals surface area (Å²) < 4.78 is 6.87. The summed E-state index contributed by atoms with van der Waals surface area (Å²) in [5.74, 6) is 0.896. The molecular formula is C18H13NOS. The van der Waals surface area contributed by atoms with Crippen molar-refractivity contribution in [3.05, 3.63) is 60.7 Å². The van der Waals surface area contributed by atoms with Gasteiger partial charge in [-0.25, -0.2) is 4.98 Å². The van der Waals surface area contributed by atoms with Gasteiger partial charge in [0, 0.05) is 5.39 Å². The largest absolute Gasteiger partial charge is 0.495 e. The van der Waals surface area contributed by atoms with Gasteiger partial charge in [-0.05, 0) is 23.6 Å². The molecule has 1 aromatic heterocycles. The molecule has 3 aromatic carbocycles. The number of para-hydroxylation sites is 1. The van der Waals surface area contributed by atoms with Gasteiger partial charge in [0.1, 0.15) is 10.8 Å². The summed E-state index contributed by atoms with van der Waals surface area (Å²) in [6, 6.07) is 20.7. The van der Waals surface area contributed by atoms with E-state index in [1.807, 2.05) is 30.3 Å². The van der Waals surface area contributed by atoms with E-state index in [9.17, 15) is 0 Å². The molecule has 1 heterocycles. The first kappa shape index (κ1) is 12.4. The Labute approximate surface area is 126 Å². The van der Waals surface area contributed by atoms with Crippen molar-refractivity contribution in [2.24, 2.45) is 0 Å². The highest BCUT2D eigenvalue weighted by molar-refractivity contribution is 7.21. The molecule has 0 fully saturated rings. The molecule has 0 saturated carbocycles. The number of benzene rings is 3. The Morgan fingerprint density at radius 3 is 2.57 bits per heavy atom. The van der Waals surface area contributed by atoms with Crippen LogP contribution in [0.3, 0.4) is 0 Å². The normalized spacial score (nSPS) is 11.1. The predicted molar refractivity (Wildman–Crippen MR) is 89.1 cm³/mol. The zero-order valence-corrected chi connectivity index (χ0v) is 12.4. The van der Waals surface area contributed by atoms with Crippen molar-refractivity contribution in [1.82, 2.24) is 4.98 Å². The smallest absolute Gasteiger partial charge is 0.136 e. The number of ether oxygens (including phenoxy) is 1. The summed E-state index contributed by atoms with van der Waals surface area (Å²) in [6.45, 7) is 0. The Balaban J connectivity index is 2.01. The summed E-state index contributed by atoms with van der Waals surface area (Å²) in [5.41, 5.74) is 2.09. The first-order chi connectivity index (χ1) is 10.4. The van der Waals surface area contributed by atoms with Crippen LogP contribution in [0.15, 0.2) is 60.7 Å². The summed E-state index contributed by atoms with van der Waals surface area (Å²) in [7, 11) is 1.72. The molecule has 0 unspecified atom stereocenters. The minimum absolute atomic E-state index is 0.896. The van der Waals surface area contributed by atoms with Crippen LogP contribution in [0.25, 0.3) is 31.6 Å². The fourth-order valence-electron chi connectivity index (χ4n) is 2.62. The van der Waals surface area contributed by atoms with Gasteiger partial charge in [-0.1, -0.05) is 42.5 Å². The van der Waals surface area contributed by atoms with E-state index in [1.54, 1.807) is 18.4 Å². The van der Waals surface area contributed by atoms with Crippen LogP contribution in [-0.2, 0) is 0 Å². The number of fused-ring (bicyclic) bond motifs is 2. The van der Waals surface area contributed by atoms with Crippen molar-refractivity contribution >= 4 is 32.3 Å². The van der Waals surface area contributed by atoms with Crippen LogP contribution in [0.4, 0.5) is 0 Å². The van der Waals surface area contributed by atoms with Gasteiger partial charge in [-0.2, -0.15) is 0 Å². The second-order valence-electron chi connectivity index (χ2n) is 4.85. The number of aromatic nitrogens is 1. The van der Waals surface area contributed by atoms with E-state index in [-0.39, 0.29) is 0 Å². The molecule has 2 nitrogen and oxygen atoms in total. The van der Waals surface area contributed by atoms with Crippen LogP contribution in [0.2, 0.25) is 0 Å². The van der Waals surface area contributed by atoms with Gasteiger partial charge in [0.05, 0.1) is 22.9 Å². The summed E-state index contributed by atoms with van der Waals surface area (Å²) in [4.78, 5) is 4.74. The molecule has 21 heavy (non-hydrogen) atoms. The maximum Gasteiger partial charge on any atom is 0.136 e. The highest BCUT2D eigenvalue weighted by Gasteiger charge is 2.13. The average molecular weight is 291 g/mol. The molecular weight excluding hydrogens is 278 g/mol. The number of thiazole rings is 1. The summed E-state index contributed by atoms with van der Waals surface area (Å²) in [5, 5.41) is 3.30. The zero-order valence-electron chi connectivity index (χ0n) is 11.5. The van der Waals surface area contributed by atoms with Gasteiger partial charge in [0.15, 0.2) is 0 Å². The third-order valence-corrected chi connectivity index (χ3v) is 4.68. The fraction of sp³-hybridized carbons (Fsp3) is 0.0556. The van der Waals surface area contributed by atoms with Gasteiger partial charge >= 0.3 is 0 Å². The topological polar surface area (TPSA) is 22.1 Å². The standard InChI is InChI=1S/C18H13NOS/c1-20-17-13-7-3-2-6-12(13)10-11-14(17)18-19-15-8-4-5-9-16(15)21-18/h2-11H,1H3. The quantitative estimate of drug-likeness (QED) is 0.511. The monoisotopic (exact) mass is 291 g/mol. The number of rotatable bonds is 2. The first-order valence-electron chi connectivity index (χ1n) is 6.78. The van der Waals surface area contributed by atoms with Crippen LogP contribution in [0.1, 0.15) is 0 Å². The number of methoxy groups -OCH3 is 1. The molecule has 0 spiro atoms. The molecule has 0 radical (unpaired) electrons. The Kier molecular flexibility index (Phi) is 2.86. The molecule has 0 aliphatic carbocycles. The molecule has 0 aliphatic rings. The molecule has 0 N–H and O–H groups in total. The second kappa shape index (κ2) is 4.86. The van der Waals surface area contributed by atoms with E-state index in [1.165, 1.54) is 10.1 Å². The van der Waals surface area contributed by atoms with Crippen LogP contribution < -0.4 is 4.74 Å². The lowest BCUT2D eigenvalue weighted by Crippen LogP contribution is -1.89. The highest BCUT2D eigenvalue weighted by atomic mass is 32.1. The minimum atomic E-state index is 0.896. The Morgan fingerprint density at radius 1 is 0.905 bits per heavy atom. The van der Waals surface area contributed by atoms with Gasteiger partial charge in [0.25, 0.3) is 0 Å². The fourth-order valence-corrected chi connectivity index (χ4v) is 3.61. The lowest BCUT2D eigenvalue weighted by atomic mass is 10.1. The number of hydrogen-bond donors (Lipinski definition) is 0. The van der Waals surface area contributed by atoms with E-state index >= 15 is 0 Å². The molecule has 0 aliphatic heterocycles. The minimum Gasteiger partial charge on any atom is -0.495 e. The molecule has 4 aromatic rings. The van der Waals surface area contributed by atoms with Gasteiger partial charge in [-0.15, -0.1) is 11.3 Å². The van der Waals surface area contributed by atoms with Crippen molar-refractivity contribution in [2.75, 3.05) is 7.11 Å². The Hall–Kier alpha value is -2.39. The van der Waals surface area contributed by atoms with Crippen molar-refractivity contribution in [3.63, 3.8) is 0 Å². The number of hydrogen-bond acceptors (Lipinski definition) is 3. The predicted octanol–water partition coefficient (Wildman–Crippen LogP) is 5.13. The van der Waals surface area contributed by atoms with Gasteiger partial charge in [0.2, 0.25) is 0 Å². The van der Waals surface area contributed by atoms with Crippen LogP contribution in [0, 0.1) is 0 Å². The molecule has 0 amide bonds. The van der Waals surface area contributed by atoms with Crippen molar-refractivity contribution < 1.29 is 4.74 Å². The molecule has 4 rings (SSSR count). The third-order valence-electron chi connectivity index (χ3n) is 3.61. The lowest BCUT2D eigenvalue weighted by molar-refractivity contribution is 0.421. The van der Waals surface area contributed by atoms with E-state index in [0.717, 1.165) is 27.2 Å². The van der Waals surface area contributed by atoms with Crippen molar-refractivity contribution in [1.29, 1.82) is 0 Å². The maximum atomic E-state index is 5.68. The molecule has 0 atom stereocenters. The Morgan fingerprint density at radius 2 is 1.71 bits per heavy atom. The second-order valence-corrected chi connectivity index (χ2v) is 5.88. The van der Waals surface area contributed by atoms with E-state index in [0.29, 0.717) is 0 Å². The van der Waals surface area contributed by atoms with Gasteiger partial charge < -0.3 is 4.74 Å². The Bertz CT molecular complexity index is 909. The van der Waals surface area contributed by atoms with Crippen LogP contribution >= 0.6 is 11.3 Å². The first-order valence-corrected chi connectivity index (χ1v) is 7.60. The van der Waals surface area contributed by atoms with Crippen molar-refractivity contribution in [2.45, 2.75) is 0 Å². The summed E-state index contributed by atoms with van der Waals surface area (Å²) in [6.07, 6.45) is 0. The van der Waals surface area contributed by atoms with Crippen LogP contribution in [0.5, 0.6) is 5.75 Å². The highest BCUT2D eigenvalue weighted by Crippen LogP contribution is 2.39. The average Bonchev–Trinajstić information content (AvgIpc) is 2.97. The number of nitrogens with zero attached hydrogens (tertiary/aromatic N) is 1. The SMILES string of the molecule is COc1c(-c2nc3ccccc3s2)ccc2ccccc12. The lowest BCUT2D eigenvalue weighted by Gasteiger charge is -2.09. The summed E-state index contributed by atoms with van der Waals surface area (Å²) >= 11 is 1.70. The zero-order chi connectivity index (χ0) is 14.2. The van der Waals surface area contributed by atoms with E-state index in [4.69, 9.17) is 9.72 Å². The molecule has 0 saturated heterocycles. The van der Waals surface area contributed by atoms with Gasteiger partial charge in [-0.3, -0.25) is 0 Å². The maximum absolute atomic E-state index is 5.68. The molecule has 102 valence electrons. The van der Waals surface area contributed by atoms with E-state index < -0.39 is 0 Å². The van der Waals surface area contributed by atoms with Crippen molar-refractivity contribution in [3.8, 4) is 16.3 Å². The molecule has 3 heteroatoms. The van der Waals surface area contributed by atoms with Crippen LogP contribution in [-0.4, -0.2) is 12.1 Å².